The third-order valence-electron chi connectivity index (χ3n) is 5.66. The van der Waals surface area contributed by atoms with Crippen LogP contribution in [0, 0.1) is 12.3 Å². The van der Waals surface area contributed by atoms with Crippen molar-refractivity contribution < 1.29 is 17.9 Å². The molecule has 0 aliphatic rings. The zero-order chi connectivity index (χ0) is 23.0. The average molecular weight is 437 g/mol. The van der Waals surface area contributed by atoms with Gasteiger partial charge in [-0.1, -0.05) is 61.7 Å². The van der Waals surface area contributed by atoms with Crippen molar-refractivity contribution in [2.75, 3.05) is 0 Å². The Morgan fingerprint density at radius 2 is 1.47 bits per heavy atom. The molecule has 1 unspecified atom stereocenters. The predicted molar refractivity (Wildman–Crippen MR) is 123 cm³/mol. The van der Waals surface area contributed by atoms with Crippen molar-refractivity contribution >= 4 is 0 Å². The van der Waals surface area contributed by atoms with Gasteiger partial charge in [0.05, 0.1) is 11.0 Å². The molecule has 0 radical (unpaired) electrons. The largest absolute Gasteiger partial charge is 0.457 e. The van der Waals surface area contributed by atoms with Crippen molar-refractivity contribution in [3.05, 3.63) is 95.6 Å². The number of ether oxygens (including phenoxy) is 1. The Morgan fingerprint density at radius 1 is 0.812 bits per heavy atom. The van der Waals surface area contributed by atoms with Crippen LogP contribution in [0.2, 0.25) is 0 Å². The van der Waals surface area contributed by atoms with Gasteiger partial charge < -0.3 is 4.74 Å². The van der Waals surface area contributed by atoms with Crippen LogP contribution in [0.4, 0.5) is 13.2 Å². The van der Waals surface area contributed by atoms with Crippen LogP contribution in [-0.4, -0.2) is 0 Å². The normalized spacial score (nSPS) is 13.2. The number of hydrogen-bond acceptors (Lipinski definition) is 1. The Bertz CT molecular complexity index is 1030. The topological polar surface area (TPSA) is 9.23 Å². The number of alkyl halides is 3. The second-order valence-electron chi connectivity index (χ2n) is 7.97. The smallest absolute Gasteiger partial charge is 0.416 e. The molecule has 0 aliphatic heterocycles. The highest BCUT2D eigenvalue weighted by molar-refractivity contribution is 5.37. The summed E-state index contributed by atoms with van der Waals surface area (Å²) < 4.78 is 44.8. The molecule has 0 saturated carbocycles. The van der Waals surface area contributed by atoms with Crippen LogP contribution in [0.1, 0.15) is 49.3 Å². The van der Waals surface area contributed by atoms with E-state index in [0.29, 0.717) is 6.42 Å². The lowest BCUT2D eigenvalue weighted by Crippen LogP contribution is -2.24. The summed E-state index contributed by atoms with van der Waals surface area (Å²) in [4.78, 5) is 0. The van der Waals surface area contributed by atoms with Crippen molar-refractivity contribution in [3.63, 3.8) is 0 Å². The minimum absolute atomic E-state index is 0.572. The molecule has 166 valence electrons. The number of hydrogen-bond donors (Lipinski definition) is 0. The van der Waals surface area contributed by atoms with Crippen molar-refractivity contribution in [1.29, 1.82) is 0 Å². The van der Waals surface area contributed by atoms with E-state index in [1.807, 2.05) is 61.5 Å². The molecule has 3 aromatic rings. The highest BCUT2D eigenvalue weighted by atomic mass is 19.4. The van der Waals surface area contributed by atoms with Gasteiger partial charge in [-0.25, -0.2) is 0 Å². The van der Waals surface area contributed by atoms with Gasteiger partial charge in [-0.3, -0.25) is 0 Å². The molecule has 1 atom stereocenters. The summed E-state index contributed by atoms with van der Waals surface area (Å²) in [6, 6.07) is 22.9. The Kier molecular flexibility index (Phi) is 7.64. The van der Waals surface area contributed by atoms with Gasteiger partial charge in [0, 0.05) is 0 Å². The van der Waals surface area contributed by atoms with Crippen LogP contribution in [-0.2, 0) is 18.0 Å². The van der Waals surface area contributed by atoms with Crippen molar-refractivity contribution in [2.45, 2.75) is 50.6 Å². The molecule has 0 spiro atoms. The molecular weight excluding hydrogens is 409 g/mol. The summed E-state index contributed by atoms with van der Waals surface area (Å²) in [6.45, 7) is 2.04. The lowest BCUT2D eigenvalue weighted by atomic mass is 9.73. The summed E-state index contributed by atoms with van der Waals surface area (Å²) in [5.41, 5.74) is 0.681. The van der Waals surface area contributed by atoms with Crippen LogP contribution in [0.3, 0.4) is 0 Å². The molecule has 0 heterocycles. The molecule has 0 N–H and O–H groups in total. The number of rotatable bonds is 9. The van der Waals surface area contributed by atoms with Crippen molar-refractivity contribution in [3.8, 4) is 23.8 Å². The van der Waals surface area contributed by atoms with E-state index in [1.54, 1.807) is 0 Å². The monoisotopic (exact) mass is 436 g/mol. The highest BCUT2D eigenvalue weighted by Crippen LogP contribution is 2.37. The second-order valence-corrected chi connectivity index (χ2v) is 7.97. The van der Waals surface area contributed by atoms with Gasteiger partial charge in [0.15, 0.2) is 0 Å². The van der Waals surface area contributed by atoms with Gasteiger partial charge in [-0.05, 0) is 73.2 Å². The first-order valence-corrected chi connectivity index (χ1v) is 10.8. The maximum Gasteiger partial charge on any atom is 0.416 e. The molecule has 4 heteroatoms. The Hall–Kier alpha value is -3.19. The molecule has 3 rings (SSSR count). The molecule has 3 aromatic carbocycles. The van der Waals surface area contributed by atoms with E-state index in [0.717, 1.165) is 60.4 Å². The van der Waals surface area contributed by atoms with Gasteiger partial charge in [0.25, 0.3) is 0 Å². The van der Waals surface area contributed by atoms with Crippen molar-refractivity contribution in [1.82, 2.24) is 0 Å². The van der Waals surface area contributed by atoms with E-state index in [1.165, 1.54) is 12.1 Å². The summed E-state index contributed by atoms with van der Waals surface area (Å²) in [5.74, 6) is 4.47. The maximum atomic E-state index is 13.0. The Morgan fingerprint density at radius 3 is 2.09 bits per heavy atom. The van der Waals surface area contributed by atoms with Gasteiger partial charge in [-0.2, -0.15) is 13.2 Å². The second kappa shape index (κ2) is 10.4. The van der Waals surface area contributed by atoms with E-state index in [2.05, 4.69) is 5.92 Å². The van der Waals surface area contributed by atoms with Crippen LogP contribution in [0.5, 0.6) is 11.5 Å². The molecule has 1 nitrogen and oxygen atoms in total. The van der Waals surface area contributed by atoms with E-state index >= 15 is 0 Å². The van der Waals surface area contributed by atoms with Gasteiger partial charge in [0.1, 0.15) is 11.5 Å². The van der Waals surface area contributed by atoms with Crippen LogP contribution >= 0.6 is 0 Å². The number of halogens is 3. The first kappa shape index (κ1) is 23.5. The molecule has 32 heavy (non-hydrogen) atoms. The Balaban J connectivity index is 1.70. The van der Waals surface area contributed by atoms with Gasteiger partial charge in [-0.15, -0.1) is 6.42 Å². The molecule has 0 saturated heterocycles. The molecular formula is C28H27F3O. The highest BCUT2D eigenvalue weighted by Gasteiger charge is 2.33. The summed E-state index contributed by atoms with van der Waals surface area (Å²) >= 11 is 0. The zero-order valence-corrected chi connectivity index (χ0v) is 18.2. The molecule has 0 amide bonds. The zero-order valence-electron chi connectivity index (χ0n) is 18.2. The lowest BCUT2D eigenvalue weighted by molar-refractivity contribution is -0.137. The molecule has 0 aromatic heterocycles. The molecule has 0 fully saturated rings. The number of benzene rings is 3. The third kappa shape index (κ3) is 5.95. The molecule has 0 bridgehead atoms. The maximum absolute atomic E-state index is 13.0. The van der Waals surface area contributed by atoms with Crippen molar-refractivity contribution in [2.24, 2.45) is 0 Å². The summed E-state index contributed by atoms with van der Waals surface area (Å²) in [5, 5.41) is 0. The van der Waals surface area contributed by atoms with Crippen LogP contribution < -0.4 is 4.74 Å². The fourth-order valence-corrected chi connectivity index (χ4v) is 4.03. The summed E-state index contributed by atoms with van der Waals surface area (Å²) in [7, 11) is 0. The van der Waals surface area contributed by atoms with Crippen LogP contribution in [0.15, 0.2) is 78.9 Å². The number of terminal acetylenes is 1. The first-order valence-electron chi connectivity index (χ1n) is 10.8. The third-order valence-corrected chi connectivity index (χ3v) is 5.66. The van der Waals surface area contributed by atoms with E-state index < -0.39 is 17.2 Å². The van der Waals surface area contributed by atoms with E-state index in [9.17, 15) is 13.2 Å². The van der Waals surface area contributed by atoms with E-state index in [-0.39, 0.29) is 0 Å². The standard InChI is InChI=1S/C28H27F3O/c1-3-19-27(4-2,23-15-17-24(18-16-23)28(29,30)31)20-9-11-22-10-8-14-26(21-22)32-25-12-6-5-7-13-25/h2,5-8,10,12-18,21H,3,9,11,19-20H2,1H3. The van der Waals surface area contributed by atoms with E-state index in [4.69, 9.17) is 11.2 Å². The average Bonchev–Trinajstić information content (AvgIpc) is 2.79. The SMILES string of the molecule is C#CC(CCC)(CCCc1cccc(Oc2ccccc2)c1)c1ccc(C(F)(F)F)cc1. The first-order chi connectivity index (χ1) is 15.4. The fraction of sp³-hybridized carbons (Fsp3) is 0.286. The minimum Gasteiger partial charge on any atom is -0.457 e. The number of para-hydroxylation sites is 1. The number of aryl methyl sites for hydroxylation is 1. The molecule has 0 aliphatic carbocycles. The quantitative estimate of drug-likeness (QED) is 0.307. The van der Waals surface area contributed by atoms with Gasteiger partial charge >= 0.3 is 6.18 Å². The Labute approximate surface area is 188 Å². The lowest BCUT2D eigenvalue weighted by Gasteiger charge is -2.29. The summed E-state index contributed by atoms with van der Waals surface area (Å²) in [6.07, 6.45) is 5.50. The minimum atomic E-state index is -4.35. The van der Waals surface area contributed by atoms with Crippen LogP contribution in [0.25, 0.3) is 0 Å². The predicted octanol–water partition coefficient (Wildman–Crippen LogP) is 8.19. The fourth-order valence-electron chi connectivity index (χ4n) is 4.03. The van der Waals surface area contributed by atoms with Gasteiger partial charge in [0.2, 0.25) is 0 Å².